The van der Waals surface area contributed by atoms with Crippen molar-refractivity contribution < 1.29 is 4.74 Å². The van der Waals surface area contributed by atoms with Gasteiger partial charge in [0.1, 0.15) is 5.75 Å². The van der Waals surface area contributed by atoms with E-state index in [9.17, 15) is 0 Å². The molecule has 0 amide bonds. The van der Waals surface area contributed by atoms with Crippen molar-refractivity contribution >= 4 is 17.3 Å². The molecule has 0 unspecified atom stereocenters. The second-order valence-electron chi connectivity index (χ2n) is 6.41. The molecule has 1 aliphatic rings. The van der Waals surface area contributed by atoms with Crippen molar-refractivity contribution in [1.29, 1.82) is 0 Å². The SMILES string of the molecule is COc1ccccc1[C@@H](CNC(=S)NC1CCCCC1)N(C)C. The Kier molecular flexibility index (Phi) is 7.12. The van der Waals surface area contributed by atoms with Crippen LogP contribution in [0.25, 0.3) is 0 Å². The van der Waals surface area contributed by atoms with E-state index in [2.05, 4.69) is 35.7 Å². The molecule has 1 fully saturated rings. The highest BCUT2D eigenvalue weighted by atomic mass is 32.1. The number of para-hydroxylation sites is 1. The molecule has 2 N–H and O–H groups in total. The monoisotopic (exact) mass is 335 g/mol. The normalized spacial score (nSPS) is 16.9. The van der Waals surface area contributed by atoms with E-state index in [-0.39, 0.29) is 6.04 Å². The summed E-state index contributed by atoms with van der Waals surface area (Å²) >= 11 is 5.48. The molecule has 0 saturated heterocycles. The second kappa shape index (κ2) is 9.08. The highest BCUT2D eigenvalue weighted by molar-refractivity contribution is 7.80. The van der Waals surface area contributed by atoms with Crippen LogP contribution < -0.4 is 15.4 Å². The molecule has 1 aliphatic carbocycles. The molecule has 1 atom stereocenters. The first-order chi connectivity index (χ1) is 11.1. The summed E-state index contributed by atoms with van der Waals surface area (Å²) in [6, 6.07) is 8.91. The Morgan fingerprint density at radius 2 is 1.96 bits per heavy atom. The molecule has 2 rings (SSSR count). The lowest BCUT2D eigenvalue weighted by Crippen LogP contribution is -2.45. The summed E-state index contributed by atoms with van der Waals surface area (Å²) in [4.78, 5) is 2.19. The van der Waals surface area contributed by atoms with Crippen LogP contribution in [0, 0.1) is 0 Å². The number of likely N-dealkylation sites (N-methyl/N-ethyl adjacent to an activating group) is 1. The standard InChI is InChI=1S/C18H29N3OS/c1-21(2)16(15-11-7-8-12-17(15)22-3)13-19-18(23)20-14-9-5-4-6-10-14/h7-8,11-12,14,16H,4-6,9-10,13H2,1-3H3,(H2,19,20,23)/t16-/m1/s1. The van der Waals surface area contributed by atoms with Crippen LogP contribution in [0.15, 0.2) is 24.3 Å². The summed E-state index contributed by atoms with van der Waals surface area (Å²) in [6.07, 6.45) is 6.43. The van der Waals surface area contributed by atoms with Crippen LogP contribution in [0.3, 0.4) is 0 Å². The van der Waals surface area contributed by atoms with E-state index in [4.69, 9.17) is 17.0 Å². The molecular formula is C18H29N3OS. The molecule has 0 bridgehead atoms. The van der Waals surface area contributed by atoms with Crippen molar-refractivity contribution in [3.8, 4) is 5.75 Å². The Labute approximate surface area is 145 Å². The second-order valence-corrected chi connectivity index (χ2v) is 6.82. The zero-order valence-electron chi connectivity index (χ0n) is 14.5. The van der Waals surface area contributed by atoms with E-state index >= 15 is 0 Å². The van der Waals surface area contributed by atoms with Crippen molar-refractivity contribution in [2.24, 2.45) is 0 Å². The smallest absolute Gasteiger partial charge is 0.166 e. The lowest BCUT2D eigenvalue weighted by Gasteiger charge is -2.29. The topological polar surface area (TPSA) is 36.5 Å². The largest absolute Gasteiger partial charge is 0.496 e. The van der Waals surface area contributed by atoms with Crippen LogP contribution in [0.1, 0.15) is 43.7 Å². The van der Waals surface area contributed by atoms with Gasteiger partial charge in [-0.2, -0.15) is 0 Å². The molecule has 23 heavy (non-hydrogen) atoms. The molecule has 4 nitrogen and oxygen atoms in total. The molecule has 1 aromatic rings. The third-order valence-electron chi connectivity index (χ3n) is 4.52. The van der Waals surface area contributed by atoms with Crippen molar-refractivity contribution in [3.63, 3.8) is 0 Å². The first-order valence-corrected chi connectivity index (χ1v) is 8.86. The quantitative estimate of drug-likeness (QED) is 0.781. The summed E-state index contributed by atoms with van der Waals surface area (Å²) in [5.41, 5.74) is 1.17. The minimum Gasteiger partial charge on any atom is -0.496 e. The van der Waals surface area contributed by atoms with E-state index in [1.54, 1.807) is 7.11 Å². The van der Waals surface area contributed by atoms with E-state index in [0.29, 0.717) is 6.04 Å². The molecule has 5 heteroatoms. The molecule has 128 valence electrons. The molecule has 1 saturated carbocycles. The van der Waals surface area contributed by atoms with Crippen LogP contribution >= 0.6 is 12.2 Å². The van der Waals surface area contributed by atoms with Gasteiger partial charge in [-0.05, 0) is 45.2 Å². The number of hydrogen-bond acceptors (Lipinski definition) is 3. The van der Waals surface area contributed by atoms with Crippen molar-refractivity contribution in [3.05, 3.63) is 29.8 Å². The fraction of sp³-hybridized carbons (Fsp3) is 0.611. The van der Waals surface area contributed by atoms with Gasteiger partial charge >= 0.3 is 0 Å². The molecular weight excluding hydrogens is 306 g/mol. The summed E-state index contributed by atoms with van der Waals surface area (Å²) < 4.78 is 5.50. The molecule has 0 heterocycles. The maximum Gasteiger partial charge on any atom is 0.166 e. The van der Waals surface area contributed by atoms with Crippen LogP contribution in [0.5, 0.6) is 5.75 Å². The fourth-order valence-electron chi connectivity index (χ4n) is 3.19. The maximum absolute atomic E-state index is 5.50. The predicted octanol–water partition coefficient (Wildman–Crippen LogP) is 3.09. The molecule has 0 aromatic heterocycles. The van der Waals surface area contributed by atoms with Crippen LogP contribution in [0.2, 0.25) is 0 Å². The first kappa shape index (κ1) is 18.0. The summed E-state index contributed by atoms with van der Waals surface area (Å²) in [7, 11) is 5.88. The van der Waals surface area contributed by atoms with Crippen molar-refractivity contribution in [2.75, 3.05) is 27.7 Å². The van der Waals surface area contributed by atoms with Crippen molar-refractivity contribution in [1.82, 2.24) is 15.5 Å². The highest BCUT2D eigenvalue weighted by Gasteiger charge is 2.19. The van der Waals surface area contributed by atoms with Gasteiger partial charge in [0.2, 0.25) is 0 Å². The van der Waals surface area contributed by atoms with Crippen LogP contribution in [-0.4, -0.2) is 43.8 Å². The number of ether oxygens (including phenoxy) is 1. The third kappa shape index (κ3) is 5.36. The van der Waals surface area contributed by atoms with Gasteiger partial charge in [0.05, 0.1) is 13.2 Å². The first-order valence-electron chi connectivity index (χ1n) is 8.45. The lowest BCUT2D eigenvalue weighted by atomic mass is 9.96. The van der Waals surface area contributed by atoms with Gasteiger partial charge in [-0.3, -0.25) is 0 Å². The number of nitrogens with zero attached hydrogens (tertiary/aromatic N) is 1. The minimum absolute atomic E-state index is 0.206. The van der Waals surface area contributed by atoms with Crippen LogP contribution in [0.4, 0.5) is 0 Å². The summed E-state index contributed by atoms with van der Waals surface area (Å²) in [5.74, 6) is 0.916. The fourth-order valence-corrected chi connectivity index (χ4v) is 3.44. The lowest BCUT2D eigenvalue weighted by molar-refractivity contribution is 0.287. The average Bonchev–Trinajstić information content (AvgIpc) is 2.56. The van der Waals surface area contributed by atoms with Gasteiger partial charge in [0.15, 0.2) is 5.11 Å². The Hall–Kier alpha value is -1.33. The minimum atomic E-state index is 0.206. The van der Waals surface area contributed by atoms with E-state index in [0.717, 1.165) is 17.4 Å². The predicted molar refractivity (Wildman–Crippen MR) is 100 cm³/mol. The number of benzene rings is 1. The number of thiocarbonyl (C=S) groups is 1. The zero-order chi connectivity index (χ0) is 16.7. The summed E-state index contributed by atoms with van der Waals surface area (Å²) in [6.45, 7) is 0.756. The molecule has 0 radical (unpaired) electrons. The van der Waals surface area contributed by atoms with E-state index < -0.39 is 0 Å². The van der Waals surface area contributed by atoms with Gasteiger partial charge in [-0.15, -0.1) is 0 Å². The number of nitrogens with one attached hydrogen (secondary N) is 2. The van der Waals surface area contributed by atoms with Gasteiger partial charge in [0.25, 0.3) is 0 Å². The summed E-state index contributed by atoms with van der Waals surface area (Å²) in [5, 5.41) is 7.61. The average molecular weight is 336 g/mol. The van der Waals surface area contributed by atoms with Gasteiger partial charge < -0.3 is 20.3 Å². The Morgan fingerprint density at radius 3 is 2.61 bits per heavy atom. The van der Waals surface area contributed by atoms with Gasteiger partial charge in [-0.25, -0.2) is 0 Å². The van der Waals surface area contributed by atoms with E-state index in [1.807, 2.05) is 18.2 Å². The molecule has 1 aromatic carbocycles. The molecule has 0 spiro atoms. The van der Waals surface area contributed by atoms with Crippen molar-refractivity contribution in [2.45, 2.75) is 44.2 Å². The Bertz CT molecular complexity index is 501. The van der Waals surface area contributed by atoms with Gasteiger partial charge in [-0.1, -0.05) is 37.5 Å². The maximum atomic E-state index is 5.50. The van der Waals surface area contributed by atoms with Gasteiger partial charge in [0, 0.05) is 18.2 Å². The van der Waals surface area contributed by atoms with E-state index in [1.165, 1.54) is 37.7 Å². The number of methoxy groups -OCH3 is 1. The molecule has 0 aliphatic heterocycles. The Balaban J connectivity index is 1.93. The highest BCUT2D eigenvalue weighted by Crippen LogP contribution is 2.27. The third-order valence-corrected chi connectivity index (χ3v) is 4.78. The zero-order valence-corrected chi connectivity index (χ0v) is 15.3. The van der Waals surface area contributed by atoms with Crippen LogP contribution in [-0.2, 0) is 0 Å². The Morgan fingerprint density at radius 1 is 1.26 bits per heavy atom. The number of rotatable bonds is 6. The number of hydrogen-bond donors (Lipinski definition) is 2.